The molecule has 1 unspecified atom stereocenters. The lowest BCUT2D eigenvalue weighted by Gasteiger charge is -2.45. The van der Waals surface area contributed by atoms with E-state index in [2.05, 4.69) is 37.3 Å². The van der Waals surface area contributed by atoms with Gasteiger partial charge >= 0.3 is 0 Å². The summed E-state index contributed by atoms with van der Waals surface area (Å²) in [6, 6.07) is 26.0. The highest BCUT2D eigenvalue weighted by atomic mass is 32.2. The number of methoxy groups -OCH3 is 1. The Morgan fingerprint density at radius 2 is 1.68 bits per heavy atom. The highest BCUT2D eigenvalue weighted by molar-refractivity contribution is 8.13. The minimum Gasteiger partial charge on any atom is -0.381 e. The standard InChI is InChI=1S/C34H32N4O2S/c1-23-9-10-28-18-33(13-11-29(40-2)12-14-33)34(30(28)15-23)31(39)38(21-26-7-3-5-24(16-26)19-35)32(37-34)41-22-27-8-4-6-25(17-27)20-36/h3-10,15-17,29H,11-14,18,21-22H2,1-2H3. The molecule has 6 nitrogen and oxygen atoms in total. The van der Waals surface area contributed by atoms with Crippen LogP contribution in [0.1, 0.15) is 64.6 Å². The highest BCUT2D eigenvalue weighted by Crippen LogP contribution is 2.62. The van der Waals surface area contributed by atoms with Gasteiger partial charge in [0.15, 0.2) is 10.7 Å². The van der Waals surface area contributed by atoms with E-state index in [1.54, 1.807) is 31.0 Å². The Balaban J connectivity index is 1.45. The molecule has 3 aliphatic rings. The quantitative estimate of drug-likeness (QED) is 0.360. The first-order valence-corrected chi connectivity index (χ1v) is 15.1. The summed E-state index contributed by atoms with van der Waals surface area (Å²) < 4.78 is 5.73. The van der Waals surface area contributed by atoms with Crippen molar-refractivity contribution in [1.29, 1.82) is 10.5 Å². The van der Waals surface area contributed by atoms with Gasteiger partial charge in [0, 0.05) is 18.3 Å². The molecular formula is C34H32N4O2S. The maximum absolute atomic E-state index is 15.0. The van der Waals surface area contributed by atoms with Crippen molar-refractivity contribution in [3.05, 3.63) is 106 Å². The lowest BCUT2D eigenvalue weighted by molar-refractivity contribution is -0.138. The topological polar surface area (TPSA) is 89.5 Å². The number of fused-ring (bicyclic) bond motifs is 3. The Hall–Kier alpha value is -3.91. The van der Waals surface area contributed by atoms with Gasteiger partial charge in [0.1, 0.15) is 0 Å². The number of thioether (sulfide) groups is 1. The van der Waals surface area contributed by atoms with Gasteiger partial charge in [0.25, 0.3) is 5.91 Å². The number of benzene rings is 3. The van der Waals surface area contributed by atoms with Crippen LogP contribution >= 0.6 is 11.8 Å². The molecule has 1 fully saturated rings. The second kappa shape index (κ2) is 10.8. The number of carbonyl (C=O) groups is 1. The lowest BCUT2D eigenvalue weighted by atomic mass is 9.61. The molecule has 2 aliphatic carbocycles. The zero-order chi connectivity index (χ0) is 28.6. The smallest absolute Gasteiger partial charge is 0.262 e. The second-order valence-corrected chi connectivity index (χ2v) is 12.4. The maximum Gasteiger partial charge on any atom is 0.262 e. The number of amidine groups is 1. The first-order chi connectivity index (χ1) is 19.9. The molecule has 1 heterocycles. The minimum atomic E-state index is -0.989. The number of nitrogens with zero attached hydrogens (tertiary/aromatic N) is 4. The van der Waals surface area contributed by atoms with Gasteiger partial charge in [-0.1, -0.05) is 59.8 Å². The van der Waals surface area contributed by atoms with Crippen LogP contribution in [0.15, 0.2) is 71.7 Å². The summed E-state index contributed by atoms with van der Waals surface area (Å²) in [4.78, 5) is 22.3. The third-order valence-corrected chi connectivity index (χ3v) is 10.1. The summed E-state index contributed by atoms with van der Waals surface area (Å²) in [6.07, 6.45) is 4.58. The van der Waals surface area contributed by atoms with Gasteiger partial charge in [-0.25, -0.2) is 4.99 Å². The van der Waals surface area contributed by atoms with Crippen LogP contribution in [0, 0.1) is 35.0 Å². The molecule has 3 aromatic carbocycles. The number of aryl methyl sites for hydroxylation is 1. The maximum atomic E-state index is 15.0. The fraction of sp³-hybridized carbons (Fsp3) is 0.353. The van der Waals surface area contributed by atoms with Crippen molar-refractivity contribution in [3.8, 4) is 12.1 Å². The highest BCUT2D eigenvalue weighted by Gasteiger charge is 2.66. The van der Waals surface area contributed by atoms with Gasteiger partial charge in [0.05, 0.1) is 35.9 Å². The first kappa shape index (κ1) is 27.3. The number of rotatable bonds is 5. The number of aliphatic imine (C=N–C) groups is 1. The zero-order valence-corrected chi connectivity index (χ0v) is 24.2. The summed E-state index contributed by atoms with van der Waals surface area (Å²) in [7, 11) is 1.78. The van der Waals surface area contributed by atoms with Crippen LogP contribution in [-0.4, -0.2) is 29.2 Å². The van der Waals surface area contributed by atoms with Crippen LogP contribution in [-0.2, 0) is 33.8 Å². The minimum absolute atomic E-state index is 0.0216. The third-order valence-electron chi connectivity index (χ3n) is 9.04. The van der Waals surface area contributed by atoms with Gasteiger partial charge < -0.3 is 4.74 Å². The molecular weight excluding hydrogens is 528 g/mol. The van der Waals surface area contributed by atoms with Crippen molar-refractivity contribution in [2.24, 2.45) is 10.4 Å². The van der Waals surface area contributed by atoms with Crippen molar-refractivity contribution in [1.82, 2.24) is 4.90 Å². The molecule has 1 atom stereocenters. The third kappa shape index (κ3) is 4.64. The fourth-order valence-electron chi connectivity index (χ4n) is 6.98. The number of carbonyl (C=O) groups excluding carboxylic acids is 1. The van der Waals surface area contributed by atoms with Crippen LogP contribution in [0.4, 0.5) is 0 Å². The van der Waals surface area contributed by atoms with E-state index in [1.807, 2.05) is 41.3 Å². The monoisotopic (exact) mass is 560 g/mol. The first-order valence-electron chi connectivity index (χ1n) is 14.1. The summed E-state index contributed by atoms with van der Waals surface area (Å²) in [6.45, 7) is 2.42. The van der Waals surface area contributed by atoms with E-state index >= 15 is 0 Å². The largest absolute Gasteiger partial charge is 0.381 e. The van der Waals surface area contributed by atoms with E-state index < -0.39 is 5.54 Å². The molecule has 1 aliphatic heterocycles. The van der Waals surface area contributed by atoms with Crippen LogP contribution in [0.3, 0.4) is 0 Å². The van der Waals surface area contributed by atoms with Gasteiger partial charge in [-0.15, -0.1) is 0 Å². The van der Waals surface area contributed by atoms with E-state index in [9.17, 15) is 15.3 Å². The van der Waals surface area contributed by atoms with Crippen molar-refractivity contribution in [2.75, 3.05) is 7.11 Å². The molecule has 1 saturated carbocycles. The van der Waals surface area contributed by atoms with Crippen LogP contribution < -0.4 is 0 Å². The summed E-state index contributed by atoms with van der Waals surface area (Å²) >= 11 is 1.55. The number of amides is 1. The van der Waals surface area contributed by atoms with Crippen LogP contribution in [0.25, 0.3) is 0 Å². The summed E-state index contributed by atoms with van der Waals surface area (Å²) in [5.74, 6) is 0.611. The molecule has 0 N–H and O–H groups in total. The van der Waals surface area contributed by atoms with Crippen molar-refractivity contribution in [3.63, 3.8) is 0 Å². The molecule has 0 radical (unpaired) electrons. The van der Waals surface area contributed by atoms with Crippen LogP contribution in [0.2, 0.25) is 0 Å². The Labute approximate surface area is 245 Å². The van der Waals surface area contributed by atoms with E-state index in [0.29, 0.717) is 28.6 Å². The Morgan fingerprint density at radius 1 is 1.00 bits per heavy atom. The molecule has 0 bridgehead atoms. The van der Waals surface area contributed by atoms with E-state index in [4.69, 9.17) is 9.73 Å². The average Bonchev–Trinajstić information content (AvgIpc) is 3.43. The normalized spacial score (nSPS) is 24.8. The molecule has 7 heteroatoms. The molecule has 206 valence electrons. The zero-order valence-electron chi connectivity index (χ0n) is 23.4. The number of nitriles is 2. The number of ether oxygens (including phenoxy) is 1. The fourth-order valence-corrected chi connectivity index (χ4v) is 7.96. The molecule has 3 aromatic rings. The molecule has 6 rings (SSSR count). The average molecular weight is 561 g/mol. The van der Waals surface area contributed by atoms with E-state index in [0.717, 1.165) is 54.4 Å². The van der Waals surface area contributed by atoms with Crippen molar-refractivity contribution >= 4 is 22.8 Å². The summed E-state index contributed by atoms with van der Waals surface area (Å²) in [5.41, 5.74) is 5.16. The Kier molecular flexibility index (Phi) is 7.20. The van der Waals surface area contributed by atoms with Crippen molar-refractivity contribution in [2.45, 2.75) is 63.0 Å². The number of hydrogen-bond acceptors (Lipinski definition) is 6. The second-order valence-electron chi connectivity index (χ2n) is 11.5. The molecule has 41 heavy (non-hydrogen) atoms. The Morgan fingerprint density at radius 3 is 2.37 bits per heavy atom. The molecule has 2 spiro atoms. The van der Waals surface area contributed by atoms with E-state index in [-0.39, 0.29) is 17.4 Å². The predicted octanol–water partition coefficient (Wildman–Crippen LogP) is 6.40. The predicted molar refractivity (Wildman–Crippen MR) is 160 cm³/mol. The van der Waals surface area contributed by atoms with Gasteiger partial charge in [0.2, 0.25) is 0 Å². The Bertz CT molecular complexity index is 1630. The SMILES string of the molecule is COC1CCC2(CC1)Cc1ccc(C)cc1C21N=C(SCc2cccc(C#N)c2)N(Cc2cccc(C#N)c2)C1=O. The van der Waals surface area contributed by atoms with Crippen molar-refractivity contribution < 1.29 is 9.53 Å². The van der Waals surface area contributed by atoms with Gasteiger partial charge in [-0.2, -0.15) is 10.5 Å². The molecule has 0 aromatic heterocycles. The van der Waals surface area contributed by atoms with E-state index in [1.165, 1.54) is 5.56 Å². The lowest BCUT2D eigenvalue weighted by Crippen LogP contribution is -2.51. The number of hydrogen-bond donors (Lipinski definition) is 0. The molecule has 1 amide bonds. The van der Waals surface area contributed by atoms with Gasteiger partial charge in [-0.3, -0.25) is 9.69 Å². The van der Waals surface area contributed by atoms with Crippen LogP contribution in [0.5, 0.6) is 0 Å². The van der Waals surface area contributed by atoms with Gasteiger partial charge in [-0.05, 0) is 85.5 Å². The summed E-state index contributed by atoms with van der Waals surface area (Å²) in [5, 5.41) is 19.6. The molecule has 0 saturated heterocycles.